The Hall–Kier alpha value is -0.570. The van der Waals surface area contributed by atoms with E-state index in [1.807, 2.05) is 0 Å². The van der Waals surface area contributed by atoms with Crippen LogP contribution in [0, 0.1) is 11.8 Å². The number of amides is 1. The minimum absolute atomic E-state index is 0.221. The first-order valence-electron chi connectivity index (χ1n) is 6.75. The lowest BCUT2D eigenvalue weighted by molar-refractivity contribution is -0.125. The van der Waals surface area contributed by atoms with Crippen molar-refractivity contribution in [1.82, 2.24) is 5.32 Å². The van der Waals surface area contributed by atoms with Gasteiger partial charge in [-0.15, -0.1) is 0 Å². The van der Waals surface area contributed by atoms with Gasteiger partial charge < -0.3 is 11.1 Å². The van der Waals surface area contributed by atoms with Gasteiger partial charge in [0.1, 0.15) is 0 Å². The lowest BCUT2D eigenvalue weighted by atomic mass is 9.89. The van der Waals surface area contributed by atoms with E-state index in [-0.39, 0.29) is 11.8 Å². The number of nitrogens with one attached hydrogen (secondary N) is 1. The summed E-state index contributed by atoms with van der Waals surface area (Å²) < 4.78 is 0. The Morgan fingerprint density at radius 1 is 1.44 bits per heavy atom. The minimum atomic E-state index is 0.221. The third-order valence-corrected chi connectivity index (χ3v) is 3.54. The van der Waals surface area contributed by atoms with Crippen LogP contribution in [0.15, 0.2) is 0 Å². The van der Waals surface area contributed by atoms with Crippen LogP contribution in [0.3, 0.4) is 0 Å². The fourth-order valence-electron chi connectivity index (χ4n) is 2.69. The van der Waals surface area contributed by atoms with Gasteiger partial charge in [-0.2, -0.15) is 0 Å². The molecule has 0 aromatic carbocycles. The van der Waals surface area contributed by atoms with E-state index in [1.165, 1.54) is 25.7 Å². The number of hydrogen-bond acceptors (Lipinski definition) is 2. The molecule has 0 bridgehead atoms. The molecule has 94 valence electrons. The summed E-state index contributed by atoms with van der Waals surface area (Å²) in [5.41, 5.74) is 5.40. The van der Waals surface area contributed by atoms with Gasteiger partial charge in [0.25, 0.3) is 0 Å². The molecule has 3 heteroatoms. The van der Waals surface area contributed by atoms with E-state index in [9.17, 15) is 4.79 Å². The molecule has 1 aliphatic carbocycles. The maximum absolute atomic E-state index is 11.9. The quantitative estimate of drug-likeness (QED) is 0.698. The van der Waals surface area contributed by atoms with E-state index in [2.05, 4.69) is 12.2 Å². The maximum atomic E-state index is 11.9. The number of carbonyl (C=O) groups is 1. The normalized spacial score (nSPS) is 18.6. The topological polar surface area (TPSA) is 55.1 Å². The van der Waals surface area contributed by atoms with Crippen molar-refractivity contribution in [2.24, 2.45) is 17.6 Å². The second-order valence-electron chi connectivity index (χ2n) is 4.95. The van der Waals surface area contributed by atoms with Crippen molar-refractivity contribution in [3.8, 4) is 0 Å². The van der Waals surface area contributed by atoms with Crippen LogP contribution in [-0.2, 0) is 4.79 Å². The summed E-state index contributed by atoms with van der Waals surface area (Å²) in [5.74, 6) is 1.24. The molecule has 1 aliphatic rings. The van der Waals surface area contributed by atoms with Gasteiger partial charge in [-0.25, -0.2) is 0 Å². The van der Waals surface area contributed by atoms with Crippen LogP contribution < -0.4 is 11.1 Å². The Morgan fingerprint density at radius 3 is 2.69 bits per heavy atom. The van der Waals surface area contributed by atoms with Gasteiger partial charge in [0.2, 0.25) is 5.91 Å². The van der Waals surface area contributed by atoms with Crippen LogP contribution >= 0.6 is 0 Å². The lowest BCUT2D eigenvalue weighted by Gasteiger charge is -2.19. The SMILES string of the molecule is CCCC(CC1CCCC1)C(=O)NCCN. The highest BCUT2D eigenvalue weighted by Crippen LogP contribution is 2.31. The minimum Gasteiger partial charge on any atom is -0.355 e. The van der Waals surface area contributed by atoms with Crippen molar-refractivity contribution in [1.29, 1.82) is 0 Å². The van der Waals surface area contributed by atoms with Gasteiger partial charge >= 0.3 is 0 Å². The molecule has 3 N–H and O–H groups in total. The molecule has 1 fully saturated rings. The second-order valence-corrected chi connectivity index (χ2v) is 4.95. The van der Waals surface area contributed by atoms with Crippen molar-refractivity contribution in [2.45, 2.75) is 51.9 Å². The predicted octanol–water partition coefficient (Wildman–Crippen LogP) is 2.06. The molecule has 0 aromatic rings. The Labute approximate surface area is 99.2 Å². The molecule has 0 spiro atoms. The van der Waals surface area contributed by atoms with E-state index in [4.69, 9.17) is 5.73 Å². The first-order valence-corrected chi connectivity index (χ1v) is 6.75. The molecule has 0 radical (unpaired) electrons. The highest BCUT2D eigenvalue weighted by molar-refractivity contribution is 5.78. The van der Waals surface area contributed by atoms with E-state index in [0.717, 1.165) is 25.2 Å². The van der Waals surface area contributed by atoms with Crippen LogP contribution in [0.1, 0.15) is 51.9 Å². The summed E-state index contributed by atoms with van der Waals surface area (Å²) in [6, 6.07) is 0. The second kappa shape index (κ2) is 7.66. The van der Waals surface area contributed by atoms with E-state index < -0.39 is 0 Å². The molecule has 0 aliphatic heterocycles. The summed E-state index contributed by atoms with van der Waals surface area (Å²) >= 11 is 0. The Kier molecular flexibility index (Phi) is 6.46. The average Bonchev–Trinajstić information content (AvgIpc) is 2.78. The lowest BCUT2D eigenvalue weighted by Crippen LogP contribution is -2.35. The molecule has 1 rings (SSSR count). The monoisotopic (exact) mass is 226 g/mol. The number of nitrogens with two attached hydrogens (primary N) is 1. The van der Waals surface area contributed by atoms with Gasteiger partial charge in [-0.1, -0.05) is 39.0 Å². The van der Waals surface area contributed by atoms with Gasteiger partial charge in [0.05, 0.1) is 0 Å². The summed E-state index contributed by atoms with van der Waals surface area (Å²) in [5, 5.41) is 2.93. The third-order valence-electron chi connectivity index (χ3n) is 3.54. The first-order chi connectivity index (χ1) is 7.77. The van der Waals surface area contributed by atoms with Crippen LogP contribution in [0.4, 0.5) is 0 Å². The Balaban J connectivity index is 2.35. The fourth-order valence-corrected chi connectivity index (χ4v) is 2.69. The van der Waals surface area contributed by atoms with Gasteiger partial charge in [0, 0.05) is 19.0 Å². The summed E-state index contributed by atoms with van der Waals surface area (Å²) in [6.45, 7) is 3.30. The zero-order chi connectivity index (χ0) is 11.8. The zero-order valence-electron chi connectivity index (χ0n) is 10.5. The molecule has 1 saturated carbocycles. The van der Waals surface area contributed by atoms with Crippen molar-refractivity contribution >= 4 is 5.91 Å². The first kappa shape index (κ1) is 13.5. The molecular formula is C13H26N2O. The Morgan fingerprint density at radius 2 is 2.12 bits per heavy atom. The van der Waals surface area contributed by atoms with E-state index >= 15 is 0 Å². The Bertz CT molecular complexity index is 200. The smallest absolute Gasteiger partial charge is 0.223 e. The van der Waals surface area contributed by atoms with Gasteiger partial charge in [-0.05, 0) is 18.8 Å². The summed E-state index contributed by atoms with van der Waals surface area (Å²) in [4.78, 5) is 11.9. The zero-order valence-corrected chi connectivity index (χ0v) is 10.5. The number of carbonyl (C=O) groups excluding carboxylic acids is 1. The van der Waals surface area contributed by atoms with Crippen molar-refractivity contribution in [3.63, 3.8) is 0 Å². The molecule has 1 unspecified atom stereocenters. The van der Waals surface area contributed by atoms with E-state index in [1.54, 1.807) is 0 Å². The fraction of sp³-hybridized carbons (Fsp3) is 0.923. The van der Waals surface area contributed by atoms with Crippen LogP contribution in [0.2, 0.25) is 0 Å². The molecule has 0 saturated heterocycles. The standard InChI is InChI=1S/C13H26N2O/c1-2-5-12(13(16)15-9-8-14)10-11-6-3-4-7-11/h11-12H,2-10,14H2,1H3,(H,15,16). The van der Waals surface area contributed by atoms with Gasteiger partial charge in [0.15, 0.2) is 0 Å². The van der Waals surface area contributed by atoms with Crippen LogP contribution in [0.25, 0.3) is 0 Å². The highest BCUT2D eigenvalue weighted by atomic mass is 16.1. The third kappa shape index (κ3) is 4.52. The van der Waals surface area contributed by atoms with Crippen molar-refractivity contribution < 1.29 is 4.79 Å². The van der Waals surface area contributed by atoms with Crippen molar-refractivity contribution in [2.75, 3.05) is 13.1 Å². The molecule has 3 nitrogen and oxygen atoms in total. The van der Waals surface area contributed by atoms with E-state index in [0.29, 0.717) is 13.1 Å². The summed E-state index contributed by atoms with van der Waals surface area (Å²) in [6.07, 6.45) is 8.56. The molecule has 0 heterocycles. The molecular weight excluding hydrogens is 200 g/mol. The largest absolute Gasteiger partial charge is 0.355 e. The van der Waals surface area contributed by atoms with Gasteiger partial charge in [-0.3, -0.25) is 4.79 Å². The molecule has 0 aromatic heterocycles. The summed E-state index contributed by atoms with van der Waals surface area (Å²) in [7, 11) is 0. The maximum Gasteiger partial charge on any atom is 0.223 e. The average molecular weight is 226 g/mol. The number of hydrogen-bond donors (Lipinski definition) is 2. The predicted molar refractivity (Wildman–Crippen MR) is 67.0 cm³/mol. The molecule has 1 atom stereocenters. The molecule has 16 heavy (non-hydrogen) atoms. The number of rotatable bonds is 7. The molecule has 1 amide bonds. The highest BCUT2D eigenvalue weighted by Gasteiger charge is 2.24. The van der Waals surface area contributed by atoms with Crippen molar-refractivity contribution in [3.05, 3.63) is 0 Å². The van der Waals surface area contributed by atoms with Crippen LogP contribution in [0.5, 0.6) is 0 Å². The van der Waals surface area contributed by atoms with Crippen LogP contribution in [-0.4, -0.2) is 19.0 Å².